The number of imide groups is 1. The second-order valence-corrected chi connectivity index (χ2v) is 7.98. The summed E-state index contributed by atoms with van der Waals surface area (Å²) < 4.78 is 0.775. The summed E-state index contributed by atoms with van der Waals surface area (Å²) in [5.74, 6) is -1.09. The highest BCUT2D eigenvalue weighted by atomic mass is 79.9. The summed E-state index contributed by atoms with van der Waals surface area (Å²) in [6.07, 6.45) is 0. The fourth-order valence-corrected chi connectivity index (χ4v) is 4.01. The van der Waals surface area contributed by atoms with E-state index in [0.29, 0.717) is 22.4 Å². The van der Waals surface area contributed by atoms with Gasteiger partial charge >= 0.3 is 6.03 Å². The molecule has 0 saturated carbocycles. The molecule has 3 amide bonds. The lowest BCUT2D eigenvalue weighted by atomic mass is 9.92. The lowest BCUT2D eigenvalue weighted by Crippen LogP contribution is -2.41. The number of halogens is 1. The number of Topliss-reactive ketones (excluding diaryl/α,β-unsaturated/α-hetero) is 2. The molecular formula is C20H20BrN3O4. The van der Waals surface area contributed by atoms with Crippen LogP contribution < -0.4 is 5.32 Å². The Morgan fingerprint density at radius 2 is 1.89 bits per heavy atom. The number of rotatable bonds is 5. The van der Waals surface area contributed by atoms with E-state index in [0.717, 1.165) is 9.37 Å². The van der Waals surface area contributed by atoms with Crippen LogP contribution in [-0.4, -0.2) is 39.9 Å². The van der Waals surface area contributed by atoms with Gasteiger partial charge in [0.1, 0.15) is 5.54 Å². The van der Waals surface area contributed by atoms with Crippen molar-refractivity contribution in [2.75, 3.05) is 6.54 Å². The molecule has 0 radical (unpaired) electrons. The highest BCUT2D eigenvalue weighted by Crippen LogP contribution is 2.30. The van der Waals surface area contributed by atoms with E-state index >= 15 is 0 Å². The Morgan fingerprint density at radius 1 is 1.21 bits per heavy atom. The van der Waals surface area contributed by atoms with Gasteiger partial charge in [-0.2, -0.15) is 0 Å². The molecule has 1 atom stereocenters. The van der Waals surface area contributed by atoms with Crippen LogP contribution in [0.5, 0.6) is 0 Å². The van der Waals surface area contributed by atoms with Crippen molar-refractivity contribution in [3.8, 4) is 0 Å². The van der Waals surface area contributed by atoms with Gasteiger partial charge in [0.2, 0.25) is 0 Å². The topological polar surface area (TPSA) is 99.3 Å². The monoisotopic (exact) mass is 445 g/mol. The Labute approximate surface area is 170 Å². The van der Waals surface area contributed by atoms with Crippen LogP contribution in [0.2, 0.25) is 0 Å². The van der Waals surface area contributed by atoms with Crippen molar-refractivity contribution in [2.24, 2.45) is 0 Å². The largest absolute Gasteiger partial charge is 0.355 e. The first-order valence-electron chi connectivity index (χ1n) is 8.69. The molecule has 0 spiro atoms. The third kappa shape index (κ3) is 3.17. The molecule has 1 aromatic carbocycles. The van der Waals surface area contributed by atoms with Gasteiger partial charge in [-0.15, -0.1) is 0 Å². The SMILES string of the molecule is CC(=O)c1c(C)[nH]c(C(=O)CN2C(=O)NC(C)(c3cccc(Br)c3)C2=O)c1C. The van der Waals surface area contributed by atoms with Gasteiger partial charge in [0.05, 0.1) is 12.2 Å². The van der Waals surface area contributed by atoms with Crippen LogP contribution in [0.3, 0.4) is 0 Å². The molecule has 1 saturated heterocycles. The smallest absolute Gasteiger partial charge is 0.325 e. The summed E-state index contributed by atoms with van der Waals surface area (Å²) in [5.41, 5.74) is 1.16. The Hall–Kier alpha value is -2.74. The zero-order chi connectivity index (χ0) is 20.8. The van der Waals surface area contributed by atoms with E-state index in [1.165, 1.54) is 6.92 Å². The minimum absolute atomic E-state index is 0.150. The van der Waals surface area contributed by atoms with Gasteiger partial charge in [-0.05, 0) is 51.0 Å². The fraction of sp³-hybridized carbons (Fsp3) is 0.300. The second-order valence-electron chi connectivity index (χ2n) is 7.06. The molecule has 1 aromatic heterocycles. The molecule has 2 N–H and O–H groups in total. The van der Waals surface area contributed by atoms with Crippen LogP contribution in [0, 0.1) is 13.8 Å². The van der Waals surface area contributed by atoms with Gasteiger partial charge in [-0.1, -0.05) is 28.1 Å². The van der Waals surface area contributed by atoms with Crippen LogP contribution in [0.4, 0.5) is 4.79 Å². The Kier molecular flexibility index (Phi) is 5.01. The average molecular weight is 446 g/mol. The van der Waals surface area contributed by atoms with E-state index < -0.39 is 29.8 Å². The quantitative estimate of drug-likeness (QED) is 0.544. The number of H-pyrrole nitrogens is 1. The number of urea groups is 1. The van der Waals surface area contributed by atoms with Gasteiger partial charge in [0.25, 0.3) is 5.91 Å². The van der Waals surface area contributed by atoms with Crippen LogP contribution in [-0.2, 0) is 10.3 Å². The van der Waals surface area contributed by atoms with Crippen LogP contribution >= 0.6 is 15.9 Å². The summed E-state index contributed by atoms with van der Waals surface area (Å²) in [7, 11) is 0. The maximum Gasteiger partial charge on any atom is 0.325 e. The molecule has 146 valence electrons. The molecule has 0 aliphatic carbocycles. The highest BCUT2D eigenvalue weighted by molar-refractivity contribution is 9.10. The normalized spacial score (nSPS) is 19.1. The number of nitrogens with zero attached hydrogens (tertiary/aromatic N) is 1. The second kappa shape index (κ2) is 7.01. The zero-order valence-electron chi connectivity index (χ0n) is 16.0. The van der Waals surface area contributed by atoms with Crippen LogP contribution in [0.1, 0.15) is 51.5 Å². The molecule has 7 nitrogen and oxygen atoms in total. The summed E-state index contributed by atoms with van der Waals surface area (Å²) >= 11 is 3.36. The first-order valence-corrected chi connectivity index (χ1v) is 9.49. The molecule has 1 fully saturated rings. The molecule has 1 aliphatic heterocycles. The Bertz CT molecular complexity index is 1030. The molecule has 28 heavy (non-hydrogen) atoms. The summed E-state index contributed by atoms with van der Waals surface area (Å²) in [6, 6.07) is 6.45. The molecule has 8 heteroatoms. The lowest BCUT2D eigenvalue weighted by Gasteiger charge is -2.22. The van der Waals surface area contributed by atoms with Gasteiger partial charge in [-0.25, -0.2) is 4.79 Å². The number of ketones is 2. The first kappa shape index (κ1) is 20.0. The van der Waals surface area contributed by atoms with Crippen molar-refractivity contribution in [3.05, 3.63) is 56.8 Å². The van der Waals surface area contributed by atoms with Crippen molar-refractivity contribution < 1.29 is 19.2 Å². The molecule has 3 rings (SSSR count). The third-order valence-corrected chi connectivity index (χ3v) is 5.54. The number of amides is 3. The maximum absolute atomic E-state index is 13.0. The number of aromatic nitrogens is 1. The predicted octanol–water partition coefficient (Wildman–Crippen LogP) is 3.25. The fourth-order valence-electron chi connectivity index (χ4n) is 3.62. The number of aromatic amines is 1. The minimum atomic E-state index is -1.26. The van der Waals surface area contributed by atoms with E-state index in [4.69, 9.17) is 0 Å². The zero-order valence-corrected chi connectivity index (χ0v) is 17.6. The molecule has 1 unspecified atom stereocenters. The van der Waals surface area contributed by atoms with Crippen molar-refractivity contribution >= 4 is 39.4 Å². The van der Waals surface area contributed by atoms with Crippen LogP contribution in [0.25, 0.3) is 0 Å². The Balaban J connectivity index is 1.88. The lowest BCUT2D eigenvalue weighted by molar-refractivity contribution is -0.130. The number of nitrogens with one attached hydrogen (secondary N) is 2. The summed E-state index contributed by atoms with van der Waals surface area (Å²) in [5, 5.41) is 2.68. The molecular weight excluding hydrogens is 426 g/mol. The van der Waals surface area contributed by atoms with Gasteiger partial charge < -0.3 is 10.3 Å². The van der Waals surface area contributed by atoms with Crippen molar-refractivity contribution in [2.45, 2.75) is 33.2 Å². The third-order valence-electron chi connectivity index (χ3n) is 5.05. The van der Waals surface area contributed by atoms with Crippen molar-refractivity contribution in [1.29, 1.82) is 0 Å². The number of carbonyl (C=O) groups is 4. The van der Waals surface area contributed by atoms with E-state index in [9.17, 15) is 19.2 Å². The van der Waals surface area contributed by atoms with Crippen LogP contribution in [0.15, 0.2) is 28.7 Å². The molecule has 2 heterocycles. The number of carbonyl (C=O) groups excluding carboxylic acids is 4. The van der Waals surface area contributed by atoms with Gasteiger partial charge in [0, 0.05) is 15.7 Å². The molecule has 2 aromatic rings. The van der Waals surface area contributed by atoms with E-state index in [1.807, 2.05) is 6.07 Å². The van der Waals surface area contributed by atoms with E-state index in [2.05, 4.69) is 26.2 Å². The van der Waals surface area contributed by atoms with Gasteiger partial charge in [0.15, 0.2) is 11.6 Å². The number of aryl methyl sites for hydroxylation is 1. The number of benzene rings is 1. The Morgan fingerprint density at radius 3 is 2.46 bits per heavy atom. The minimum Gasteiger partial charge on any atom is -0.355 e. The van der Waals surface area contributed by atoms with Gasteiger partial charge in [-0.3, -0.25) is 19.3 Å². The molecule has 0 bridgehead atoms. The van der Waals surface area contributed by atoms with Crippen molar-refractivity contribution in [3.63, 3.8) is 0 Å². The van der Waals surface area contributed by atoms with Crippen molar-refractivity contribution in [1.82, 2.24) is 15.2 Å². The summed E-state index contributed by atoms with van der Waals surface area (Å²) in [4.78, 5) is 53.8. The maximum atomic E-state index is 13.0. The number of hydrogen-bond donors (Lipinski definition) is 2. The van der Waals surface area contributed by atoms with E-state index in [1.54, 1.807) is 39.0 Å². The predicted molar refractivity (Wildman–Crippen MR) is 106 cm³/mol. The molecule has 1 aliphatic rings. The van der Waals surface area contributed by atoms with E-state index in [-0.39, 0.29) is 11.5 Å². The summed E-state index contributed by atoms with van der Waals surface area (Å²) in [6.45, 7) is 6.01. The standard InChI is InChI=1S/C20H20BrN3O4/c1-10-16(12(3)25)11(2)22-17(10)15(26)9-24-18(27)20(4,23-19(24)28)13-6-5-7-14(21)8-13/h5-8,22H,9H2,1-4H3,(H,23,28). The highest BCUT2D eigenvalue weighted by Gasteiger charge is 2.49. The first-order chi connectivity index (χ1) is 13.1. The number of hydrogen-bond acceptors (Lipinski definition) is 4. The average Bonchev–Trinajstić information content (AvgIpc) is 3.03.